The molecule has 0 bridgehead atoms. The van der Waals surface area contributed by atoms with Crippen LogP contribution in [-0.4, -0.2) is 22.3 Å². The Balaban J connectivity index is 2.71. The summed E-state index contributed by atoms with van der Waals surface area (Å²) in [4.78, 5) is 0. The van der Waals surface area contributed by atoms with Crippen molar-refractivity contribution in [3.63, 3.8) is 0 Å². The molecule has 114 valence electrons. The van der Waals surface area contributed by atoms with Gasteiger partial charge in [0.1, 0.15) is 0 Å². The second-order valence-electron chi connectivity index (χ2n) is 7.86. The molecular formula is C17H35NO. The van der Waals surface area contributed by atoms with Crippen molar-refractivity contribution in [2.75, 3.05) is 0 Å². The van der Waals surface area contributed by atoms with Crippen LogP contribution in [-0.2, 0) is 0 Å². The molecule has 1 heterocycles. The molecule has 0 spiro atoms. The molecule has 0 saturated carbocycles. The summed E-state index contributed by atoms with van der Waals surface area (Å²) in [6.07, 6.45) is 6.79. The highest BCUT2D eigenvalue weighted by Crippen LogP contribution is 2.37. The fraction of sp³-hybridized carbons (Fsp3) is 1.00. The molecule has 2 atom stereocenters. The van der Waals surface area contributed by atoms with E-state index in [2.05, 4.69) is 46.9 Å². The summed E-state index contributed by atoms with van der Waals surface area (Å²) in [7, 11) is 0. The van der Waals surface area contributed by atoms with Crippen LogP contribution < -0.4 is 5.32 Å². The molecule has 2 heteroatoms. The molecule has 1 aliphatic rings. The van der Waals surface area contributed by atoms with E-state index in [1.165, 1.54) is 19.3 Å². The van der Waals surface area contributed by atoms with Gasteiger partial charge in [-0.2, -0.15) is 0 Å². The molecule has 1 aliphatic heterocycles. The van der Waals surface area contributed by atoms with Gasteiger partial charge in [0.2, 0.25) is 0 Å². The van der Waals surface area contributed by atoms with Crippen molar-refractivity contribution in [1.82, 2.24) is 5.32 Å². The molecule has 0 aromatic rings. The van der Waals surface area contributed by atoms with Gasteiger partial charge < -0.3 is 10.4 Å². The second kappa shape index (κ2) is 6.58. The van der Waals surface area contributed by atoms with E-state index >= 15 is 0 Å². The highest BCUT2D eigenvalue weighted by Gasteiger charge is 2.41. The first-order valence-corrected chi connectivity index (χ1v) is 8.18. The van der Waals surface area contributed by atoms with Crippen LogP contribution in [0.25, 0.3) is 0 Å². The maximum Gasteiger partial charge on any atom is 0.0597 e. The molecule has 0 aromatic carbocycles. The molecule has 0 radical (unpaired) electrons. The number of piperidine rings is 1. The van der Waals surface area contributed by atoms with Crippen molar-refractivity contribution in [3.05, 3.63) is 0 Å². The molecule has 1 saturated heterocycles. The lowest BCUT2D eigenvalue weighted by Gasteiger charge is -2.48. The highest BCUT2D eigenvalue weighted by molar-refractivity contribution is 4.99. The van der Waals surface area contributed by atoms with Gasteiger partial charge in [-0.15, -0.1) is 0 Å². The van der Waals surface area contributed by atoms with Gasteiger partial charge in [0.05, 0.1) is 6.10 Å². The summed E-state index contributed by atoms with van der Waals surface area (Å²) in [5.41, 5.74) is 0.271. The van der Waals surface area contributed by atoms with E-state index < -0.39 is 0 Å². The Labute approximate surface area is 120 Å². The van der Waals surface area contributed by atoms with E-state index in [1.807, 2.05) is 0 Å². The molecule has 1 rings (SSSR count). The van der Waals surface area contributed by atoms with Gasteiger partial charge in [-0.25, -0.2) is 0 Å². The van der Waals surface area contributed by atoms with Gasteiger partial charge in [0.25, 0.3) is 0 Å². The third kappa shape index (κ3) is 5.07. The number of rotatable bonds is 6. The first-order chi connectivity index (χ1) is 8.71. The van der Waals surface area contributed by atoms with Crippen molar-refractivity contribution in [1.29, 1.82) is 0 Å². The first-order valence-electron chi connectivity index (χ1n) is 8.18. The summed E-state index contributed by atoms with van der Waals surface area (Å²) in [6, 6.07) is 0. The molecule has 1 fully saturated rings. The van der Waals surface area contributed by atoms with Gasteiger partial charge in [0.15, 0.2) is 0 Å². The van der Waals surface area contributed by atoms with Crippen LogP contribution in [0.2, 0.25) is 0 Å². The topological polar surface area (TPSA) is 32.3 Å². The molecule has 19 heavy (non-hydrogen) atoms. The molecule has 2 unspecified atom stereocenters. The number of aliphatic hydroxyl groups is 1. The van der Waals surface area contributed by atoms with E-state index in [9.17, 15) is 5.11 Å². The van der Waals surface area contributed by atoms with Crippen molar-refractivity contribution < 1.29 is 5.11 Å². The van der Waals surface area contributed by atoms with Crippen LogP contribution in [0.15, 0.2) is 0 Å². The van der Waals surface area contributed by atoms with E-state index in [0.717, 1.165) is 19.3 Å². The SMILES string of the molecule is CCCCC(CC)C(O)C1CC(C)(C)NC(C)(C)C1. The number of hydrogen-bond acceptors (Lipinski definition) is 2. The van der Waals surface area contributed by atoms with Crippen LogP contribution in [0.1, 0.15) is 80.1 Å². The summed E-state index contributed by atoms with van der Waals surface area (Å²) in [5.74, 6) is 0.919. The fourth-order valence-electron chi connectivity index (χ4n) is 4.11. The van der Waals surface area contributed by atoms with Crippen molar-refractivity contribution >= 4 is 0 Å². The van der Waals surface area contributed by atoms with Crippen LogP contribution in [0.5, 0.6) is 0 Å². The molecule has 2 N–H and O–H groups in total. The van der Waals surface area contributed by atoms with Crippen molar-refractivity contribution in [2.24, 2.45) is 11.8 Å². The van der Waals surface area contributed by atoms with Crippen molar-refractivity contribution in [2.45, 2.75) is 97.2 Å². The minimum Gasteiger partial charge on any atom is -0.393 e. The molecule has 0 aromatic heterocycles. The molecule has 2 nitrogen and oxygen atoms in total. The summed E-state index contributed by atoms with van der Waals surface area (Å²) in [6.45, 7) is 13.5. The largest absolute Gasteiger partial charge is 0.393 e. The lowest BCUT2D eigenvalue weighted by Crippen LogP contribution is -2.59. The fourth-order valence-corrected chi connectivity index (χ4v) is 4.11. The smallest absolute Gasteiger partial charge is 0.0597 e. The van der Waals surface area contributed by atoms with E-state index in [-0.39, 0.29) is 17.2 Å². The Bertz CT molecular complexity index is 256. The molecule has 0 amide bonds. The zero-order valence-corrected chi connectivity index (χ0v) is 13.9. The van der Waals surface area contributed by atoms with Gasteiger partial charge in [-0.05, 0) is 58.8 Å². The second-order valence-corrected chi connectivity index (χ2v) is 7.86. The number of hydrogen-bond donors (Lipinski definition) is 2. The average molecular weight is 269 g/mol. The van der Waals surface area contributed by atoms with E-state index in [4.69, 9.17) is 0 Å². The van der Waals surface area contributed by atoms with Gasteiger partial charge in [0, 0.05) is 11.1 Å². The number of aliphatic hydroxyl groups excluding tert-OH is 1. The van der Waals surface area contributed by atoms with Crippen LogP contribution in [0.3, 0.4) is 0 Å². The number of unbranched alkanes of at least 4 members (excludes halogenated alkanes) is 1. The Hall–Kier alpha value is -0.0800. The Kier molecular flexibility index (Phi) is 5.88. The molecule has 0 aliphatic carbocycles. The van der Waals surface area contributed by atoms with Crippen LogP contribution in [0, 0.1) is 11.8 Å². The Morgan fingerprint density at radius 2 is 1.63 bits per heavy atom. The quantitative estimate of drug-likeness (QED) is 0.760. The maximum atomic E-state index is 10.8. The maximum absolute atomic E-state index is 10.8. The van der Waals surface area contributed by atoms with E-state index in [1.54, 1.807) is 0 Å². The standard InChI is InChI=1S/C17H35NO/c1-7-9-10-13(8-2)15(19)14-11-16(3,4)18-17(5,6)12-14/h13-15,18-19H,7-12H2,1-6H3. The molecular weight excluding hydrogens is 234 g/mol. The van der Waals surface area contributed by atoms with Crippen LogP contribution >= 0.6 is 0 Å². The highest BCUT2D eigenvalue weighted by atomic mass is 16.3. The average Bonchev–Trinajstić information content (AvgIpc) is 2.25. The van der Waals surface area contributed by atoms with Gasteiger partial charge >= 0.3 is 0 Å². The summed E-state index contributed by atoms with van der Waals surface area (Å²) < 4.78 is 0. The minimum atomic E-state index is -0.128. The third-order valence-electron chi connectivity index (χ3n) is 4.64. The monoisotopic (exact) mass is 269 g/mol. The van der Waals surface area contributed by atoms with Crippen LogP contribution in [0.4, 0.5) is 0 Å². The summed E-state index contributed by atoms with van der Waals surface area (Å²) >= 11 is 0. The lowest BCUT2D eigenvalue weighted by molar-refractivity contribution is -0.0105. The third-order valence-corrected chi connectivity index (χ3v) is 4.64. The normalized spacial score (nSPS) is 26.1. The number of nitrogens with one attached hydrogen (secondary N) is 1. The lowest BCUT2D eigenvalue weighted by atomic mass is 9.70. The van der Waals surface area contributed by atoms with E-state index in [0.29, 0.717) is 11.8 Å². The zero-order chi connectivity index (χ0) is 14.7. The first kappa shape index (κ1) is 17.0. The van der Waals surface area contributed by atoms with Gasteiger partial charge in [-0.1, -0.05) is 33.1 Å². The van der Waals surface area contributed by atoms with Gasteiger partial charge in [-0.3, -0.25) is 0 Å². The summed E-state index contributed by atoms with van der Waals surface area (Å²) in [5, 5.41) is 14.5. The predicted molar refractivity (Wildman–Crippen MR) is 83.3 cm³/mol. The Morgan fingerprint density at radius 1 is 1.11 bits per heavy atom. The zero-order valence-electron chi connectivity index (χ0n) is 13.9. The van der Waals surface area contributed by atoms with Crippen molar-refractivity contribution in [3.8, 4) is 0 Å². The Morgan fingerprint density at radius 3 is 2.05 bits per heavy atom. The minimum absolute atomic E-state index is 0.128. The predicted octanol–water partition coefficient (Wildman–Crippen LogP) is 4.12.